The molecule has 3 rings (SSSR count). The molecular weight excluding hydrogens is 282 g/mol. The third kappa shape index (κ3) is 1.89. The van der Waals surface area contributed by atoms with Crippen LogP contribution in [-0.4, -0.2) is 10.1 Å². The van der Waals surface area contributed by atoms with Crippen LogP contribution in [0.2, 0.25) is 0 Å². The summed E-state index contributed by atoms with van der Waals surface area (Å²) in [5.41, 5.74) is 6.70. The minimum atomic E-state index is -0.364. The van der Waals surface area contributed by atoms with E-state index in [2.05, 4.69) is 26.1 Å². The molecule has 1 aromatic heterocycles. The Balaban J connectivity index is 1.92. The highest BCUT2D eigenvalue weighted by molar-refractivity contribution is 9.10. The van der Waals surface area contributed by atoms with Gasteiger partial charge in [0.2, 0.25) is 0 Å². The second-order valence-electron chi connectivity index (χ2n) is 4.44. The van der Waals surface area contributed by atoms with E-state index < -0.39 is 0 Å². The van der Waals surface area contributed by atoms with Crippen LogP contribution >= 0.6 is 15.9 Å². The summed E-state index contributed by atoms with van der Waals surface area (Å²) in [6, 6.07) is 7.76. The van der Waals surface area contributed by atoms with Crippen LogP contribution in [0.25, 0.3) is 11.5 Å². The number of rotatable bonds is 2. The first-order chi connectivity index (χ1) is 8.17. The molecular formula is C12H12BrN3O. The van der Waals surface area contributed by atoms with E-state index in [9.17, 15) is 0 Å². The lowest BCUT2D eigenvalue weighted by molar-refractivity contribution is 0.229. The molecule has 17 heavy (non-hydrogen) atoms. The molecule has 0 amide bonds. The second kappa shape index (κ2) is 3.92. The predicted molar refractivity (Wildman–Crippen MR) is 67.2 cm³/mol. The summed E-state index contributed by atoms with van der Waals surface area (Å²) in [5, 5.41) is 3.99. The molecule has 2 aromatic rings. The largest absolute Gasteiger partial charge is 0.334 e. The maximum atomic E-state index is 6.15. The van der Waals surface area contributed by atoms with Crippen LogP contribution < -0.4 is 5.73 Å². The fourth-order valence-corrected chi connectivity index (χ4v) is 2.18. The molecule has 1 aromatic carbocycles. The molecule has 1 fully saturated rings. The zero-order valence-corrected chi connectivity index (χ0v) is 10.8. The average Bonchev–Trinajstić information content (AvgIpc) is 2.76. The van der Waals surface area contributed by atoms with Gasteiger partial charge in [0, 0.05) is 10.0 Å². The Morgan fingerprint density at radius 2 is 1.94 bits per heavy atom. The molecule has 0 bridgehead atoms. The molecule has 0 radical (unpaired) electrons. The molecule has 1 saturated carbocycles. The van der Waals surface area contributed by atoms with Gasteiger partial charge in [0.1, 0.15) is 0 Å². The Hall–Kier alpha value is -1.20. The number of hydrogen-bond acceptors (Lipinski definition) is 4. The Bertz CT molecular complexity index is 531. The maximum Gasteiger partial charge on any atom is 0.257 e. The van der Waals surface area contributed by atoms with E-state index in [4.69, 9.17) is 10.3 Å². The number of aromatic nitrogens is 2. The van der Waals surface area contributed by atoms with Crippen molar-refractivity contribution in [3.63, 3.8) is 0 Å². The van der Waals surface area contributed by atoms with Crippen molar-refractivity contribution in [2.75, 3.05) is 0 Å². The number of benzene rings is 1. The van der Waals surface area contributed by atoms with Gasteiger partial charge in [0.15, 0.2) is 5.82 Å². The van der Waals surface area contributed by atoms with Crippen LogP contribution in [0.15, 0.2) is 33.3 Å². The van der Waals surface area contributed by atoms with Crippen LogP contribution in [0.5, 0.6) is 0 Å². The molecule has 0 unspecified atom stereocenters. The van der Waals surface area contributed by atoms with E-state index >= 15 is 0 Å². The van der Waals surface area contributed by atoms with E-state index in [-0.39, 0.29) is 5.54 Å². The Kier molecular flexibility index (Phi) is 2.52. The molecule has 0 spiro atoms. The second-order valence-corrected chi connectivity index (χ2v) is 5.36. The SMILES string of the molecule is NC1(c2noc(-c3ccc(Br)cc3)n2)CCC1. The topological polar surface area (TPSA) is 64.9 Å². The highest BCUT2D eigenvalue weighted by Gasteiger charge is 2.39. The van der Waals surface area contributed by atoms with Crippen molar-refractivity contribution in [2.45, 2.75) is 24.8 Å². The quantitative estimate of drug-likeness (QED) is 0.925. The smallest absolute Gasteiger partial charge is 0.257 e. The van der Waals surface area contributed by atoms with Crippen molar-refractivity contribution in [1.82, 2.24) is 10.1 Å². The van der Waals surface area contributed by atoms with Gasteiger partial charge in [-0.05, 0) is 43.5 Å². The van der Waals surface area contributed by atoms with Crippen LogP contribution in [0.4, 0.5) is 0 Å². The van der Waals surface area contributed by atoms with Crippen molar-refractivity contribution in [2.24, 2.45) is 5.73 Å². The summed E-state index contributed by atoms with van der Waals surface area (Å²) in [6.45, 7) is 0. The van der Waals surface area contributed by atoms with Crippen molar-refractivity contribution < 1.29 is 4.52 Å². The monoisotopic (exact) mass is 293 g/mol. The highest BCUT2D eigenvalue weighted by Crippen LogP contribution is 2.37. The van der Waals surface area contributed by atoms with Crippen molar-refractivity contribution in [1.29, 1.82) is 0 Å². The maximum absolute atomic E-state index is 6.15. The molecule has 1 aliphatic rings. The minimum absolute atomic E-state index is 0.364. The molecule has 2 N–H and O–H groups in total. The van der Waals surface area contributed by atoms with Crippen LogP contribution in [0, 0.1) is 0 Å². The normalized spacial score (nSPS) is 17.8. The molecule has 1 aliphatic carbocycles. The molecule has 0 atom stereocenters. The van der Waals surface area contributed by atoms with Crippen molar-refractivity contribution in [3.05, 3.63) is 34.6 Å². The fraction of sp³-hybridized carbons (Fsp3) is 0.333. The van der Waals surface area contributed by atoms with Crippen molar-refractivity contribution in [3.8, 4) is 11.5 Å². The third-order valence-electron chi connectivity index (χ3n) is 3.21. The summed E-state index contributed by atoms with van der Waals surface area (Å²) in [7, 11) is 0. The lowest BCUT2D eigenvalue weighted by Gasteiger charge is -2.34. The van der Waals surface area contributed by atoms with Crippen LogP contribution in [0.3, 0.4) is 0 Å². The Morgan fingerprint density at radius 3 is 2.53 bits per heavy atom. The lowest BCUT2D eigenvalue weighted by atomic mass is 9.77. The van der Waals surface area contributed by atoms with Crippen molar-refractivity contribution >= 4 is 15.9 Å². The molecule has 0 saturated heterocycles. The summed E-state index contributed by atoms with van der Waals surface area (Å²) >= 11 is 3.39. The van der Waals surface area contributed by atoms with E-state index in [0.717, 1.165) is 29.3 Å². The van der Waals surface area contributed by atoms with Gasteiger partial charge in [0.05, 0.1) is 5.54 Å². The Morgan fingerprint density at radius 1 is 1.24 bits per heavy atom. The number of halogens is 1. The number of nitrogens with two attached hydrogens (primary N) is 1. The molecule has 88 valence electrons. The van der Waals surface area contributed by atoms with Gasteiger partial charge >= 0.3 is 0 Å². The third-order valence-corrected chi connectivity index (χ3v) is 3.74. The van der Waals surface area contributed by atoms with E-state index in [1.807, 2.05) is 24.3 Å². The first-order valence-corrected chi connectivity index (χ1v) is 6.36. The Labute approximate surface area is 107 Å². The minimum Gasteiger partial charge on any atom is -0.334 e. The molecule has 4 nitrogen and oxygen atoms in total. The van der Waals surface area contributed by atoms with Gasteiger partial charge in [-0.2, -0.15) is 4.98 Å². The lowest BCUT2D eigenvalue weighted by Crippen LogP contribution is -2.44. The zero-order chi connectivity index (χ0) is 11.9. The van der Waals surface area contributed by atoms with Crippen LogP contribution in [0.1, 0.15) is 25.1 Å². The van der Waals surface area contributed by atoms with E-state index in [0.29, 0.717) is 11.7 Å². The van der Waals surface area contributed by atoms with Gasteiger partial charge in [-0.1, -0.05) is 21.1 Å². The molecule has 1 heterocycles. The van der Waals surface area contributed by atoms with Gasteiger partial charge in [0.25, 0.3) is 5.89 Å². The summed E-state index contributed by atoms with van der Waals surface area (Å²) in [4.78, 5) is 4.39. The number of nitrogens with zero attached hydrogens (tertiary/aromatic N) is 2. The van der Waals surface area contributed by atoms with Gasteiger partial charge in [-0.25, -0.2) is 0 Å². The first-order valence-electron chi connectivity index (χ1n) is 5.56. The fourth-order valence-electron chi connectivity index (χ4n) is 1.92. The van der Waals surface area contributed by atoms with E-state index in [1.54, 1.807) is 0 Å². The molecule has 0 aliphatic heterocycles. The zero-order valence-electron chi connectivity index (χ0n) is 9.19. The summed E-state index contributed by atoms with van der Waals surface area (Å²) in [6.07, 6.45) is 3.01. The van der Waals surface area contributed by atoms with E-state index in [1.165, 1.54) is 0 Å². The number of hydrogen-bond donors (Lipinski definition) is 1. The predicted octanol–water partition coefficient (Wildman–Crippen LogP) is 2.84. The molecule has 5 heteroatoms. The van der Waals surface area contributed by atoms with Gasteiger partial charge in [-0.15, -0.1) is 0 Å². The summed E-state index contributed by atoms with van der Waals surface area (Å²) < 4.78 is 6.28. The summed E-state index contributed by atoms with van der Waals surface area (Å²) in [5.74, 6) is 1.16. The van der Waals surface area contributed by atoms with Crippen LogP contribution in [-0.2, 0) is 5.54 Å². The van der Waals surface area contributed by atoms with Gasteiger partial charge in [-0.3, -0.25) is 0 Å². The standard InChI is InChI=1S/C12H12BrN3O/c13-9-4-2-8(3-5-9)10-15-11(16-17-10)12(14)6-1-7-12/h2-5H,1,6-7,14H2. The average molecular weight is 294 g/mol. The first kappa shape index (κ1) is 10.9. The highest BCUT2D eigenvalue weighted by atomic mass is 79.9. The van der Waals surface area contributed by atoms with Gasteiger partial charge < -0.3 is 10.3 Å².